The second-order valence-corrected chi connectivity index (χ2v) is 7.83. The fraction of sp³-hybridized carbons (Fsp3) is 0.167. The summed E-state index contributed by atoms with van der Waals surface area (Å²) in [6.45, 7) is 8.00. The third-order valence-electron chi connectivity index (χ3n) is 3.73. The predicted molar refractivity (Wildman–Crippen MR) is 118 cm³/mol. The Kier molecular flexibility index (Phi) is 9.84. The molecular weight excluding hydrogens is 367 g/mol. The van der Waals surface area contributed by atoms with Crippen molar-refractivity contribution in [3.05, 3.63) is 102 Å². The quantitative estimate of drug-likeness (QED) is 0.470. The zero-order chi connectivity index (χ0) is 21.0. The van der Waals surface area contributed by atoms with Crippen molar-refractivity contribution in [1.29, 1.82) is 0 Å². The molecule has 0 fully saturated rings. The summed E-state index contributed by atoms with van der Waals surface area (Å²) in [5, 5.41) is 0.257. The van der Waals surface area contributed by atoms with Gasteiger partial charge in [-0.1, -0.05) is 119 Å². The van der Waals surface area contributed by atoms with Crippen LogP contribution >= 0.6 is 7.14 Å². The van der Waals surface area contributed by atoms with Gasteiger partial charge in [0.25, 0.3) is 0 Å². The molecule has 3 aromatic rings. The van der Waals surface area contributed by atoms with E-state index < -0.39 is 18.2 Å². The summed E-state index contributed by atoms with van der Waals surface area (Å²) in [6, 6.07) is 24.9. The van der Waals surface area contributed by atoms with Crippen LogP contribution in [0, 0.1) is 0 Å². The third kappa shape index (κ3) is 5.15. The summed E-state index contributed by atoms with van der Waals surface area (Å²) in [4.78, 5) is 26.0. The van der Waals surface area contributed by atoms with Gasteiger partial charge >= 0.3 is 0 Å². The van der Waals surface area contributed by atoms with Gasteiger partial charge in [-0.15, -0.1) is 0 Å². The Labute approximate surface area is 167 Å². The molecule has 0 radical (unpaired) electrons. The second kappa shape index (κ2) is 11.8. The molecule has 0 aromatic heterocycles. The molecule has 0 heterocycles. The Morgan fingerprint density at radius 3 is 1.14 bits per heavy atom. The lowest BCUT2D eigenvalue weighted by Crippen LogP contribution is -2.20. The molecule has 3 rings (SSSR count). The van der Waals surface area contributed by atoms with Crippen LogP contribution < -0.4 is 5.30 Å². The molecule has 0 atom stereocenters. The van der Waals surface area contributed by atoms with Crippen LogP contribution in [0.1, 0.15) is 48.4 Å². The molecule has 0 N–H and O–H groups in total. The van der Waals surface area contributed by atoms with E-state index in [1.54, 1.807) is 91.0 Å². The van der Waals surface area contributed by atoms with Crippen molar-refractivity contribution in [2.75, 3.05) is 0 Å². The van der Waals surface area contributed by atoms with Gasteiger partial charge in [0.05, 0.1) is 0 Å². The Balaban J connectivity index is 0.000000921. The number of hydrogen-bond donors (Lipinski definition) is 0. The molecule has 0 aliphatic rings. The molecule has 0 spiro atoms. The first kappa shape index (κ1) is 23.3. The van der Waals surface area contributed by atoms with Crippen molar-refractivity contribution in [1.82, 2.24) is 0 Å². The average Bonchev–Trinajstić information content (AvgIpc) is 2.82. The second-order valence-electron chi connectivity index (χ2n) is 5.29. The first-order valence-electron chi connectivity index (χ1n) is 9.49. The van der Waals surface area contributed by atoms with Gasteiger partial charge in [0.15, 0.2) is 0 Å². The van der Waals surface area contributed by atoms with E-state index in [9.17, 15) is 14.2 Å². The third-order valence-corrected chi connectivity index (χ3v) is 6.42. The minimum Gasteiger partial charge on any atom is -0.302 e. The Morgan fingerprint density at radius 1 is 0.536 bits per heavy atom. The number of carbonyl (C=O) groups excluding carboxylic acids is 2. The van der Waals surface area contributed by atoms with Crippen molar-refractivity contribution < 1.29 is 14.2 Å². The van der Waals surface area contributed by atoms with Crippen molar-refractivity contribution in [2.24, 2.45) is 0 Å². The SMILES string of the molecule is CC.CC.O=C(c1ccccc1)P(=O)(C(=O)c1ccccc1)c1ccccc1. The number of benzene rings is 3. The van der Waals surface area contributed by atoms with Crippen molar-refractivity contribution in [2.45, 2.75) is 27.7 Å². The smallest absolute Gasteiger partial charge is 0.248 e. The van der Waals surface area contributed by atoms with E-state index in [0.29, 0.717) is 0 Å². The molecule has 0 saturated heterocycles. The van der Waals surface area contributed by atoms with E-state index in [2.05, 4.69) is 0 Å². The molecule has 28 heavy (non-hydrogen) atoms. The highest BCUT2D eigenvalue weighted by atomic mass is 31.2. The number of carbonyl (C=O) groups is 2. The maximum absolute atomic E-state index is 13.7. The lowest BCUT2D eigenvalue weighted by Gasteiger charge is -2.16. The monoisotopic (exact) mass is 394 g/mol. The first-order valence-corrected chi connectivity index (χ1v) is 11.2. The molecule has 3 aromatic carbocycles. The van der Waals surface area contributed by atoms with Crippen molar-refractivity contribution in [3.63, 3.8) is 0 Å². The molecular formula is C24H27O3P. The summed E-state index contributed by atoms with van der Waals surface area (Å²) in [7, 11) is -3.98. The van der Waals surface area contributed by atoms with Crippen LogP contribution in [-0.4, -0.2) is 11.0 Å². The molecule has 146 valence electrons. The standard InChI is InChI=1S/C20H15O3P.2C2H6/c21-19(16-10-4-1-5-11-16)24(23,18-14-8-3-9-15-18)20(22)17-12-6-2-7-13-17;2*1-2/h1-15H;2*1-2H3. The number of hydrogen-bond acceptors (Lipinski definition) is 3. The summed E-state index contributed by atoms with van der Waals surface area (Å²) >= 11 is 0. The largest absolute Gasteiger partial charge is 0.302 e. The maximum atomic E-state index is 13.7. The highest BCUT2D eigenvalue weighted by Gasteiger charge is 2.42. The van der Waals surface area contributed by atoms with Crippen LogP contribution in [0.3, 0.4) is 0 Å². The Morgan fingerprint density at radius 2 is 0.821 bits per heavy atom. The van der Waals surface area contributed by atoms with Gasteiger partial charge in [-0.25, -0.2) is 0 Å². The number of rotatable bonds is 5. The minimum atomic E-state index is -3.98. The van der Waals surface area contributed by atoms with E-state index in [1.165, 1.54) is 0 Å². The average molecular weight is 394 g/mol. The molecule has 0 aliphatic carbocycles. The summed E-state index contributed by atoms with van der Waals surface area (Å²) < 4.78 is 13.7. The predicted octanol–water partition coefficient (Wildman–Crippen LogP) is 6.41. The molecule has 0 amide bonds. The molecule has 0 unspecified atom stereocenters. The van der Waals surface area contributed by atoms with Crippen LogP contribution in [0.25, 0.3) is 0 Å². The molecule has 0 aliphatic heterocycles. The van der Waals surface area contributed by atoms with E-state index in [0.717, 1.165) is 0 Å². The topological polar surface area (TPSA) is 51.2 Å². The van der Waals surface area contributed by atoms with Gasteiger partial charge < -0.3 is 4.57 Å². The summed E-state index contributed by atoms with van der Waals surface area (Å²) in [5.41, 5.74) is -0.728. The zero-order valence-corrected chi connectivity index (χ0v) is 17.7. The first-order chi connectivity index (χ1) is 13.6. The van der Waals surface area contributed by atoms with E-state index in [1.807, 2.05) is 27.7 Å². The zero-order valence-electron chi connectivity index (χ0n) is 16.8. The van der Waals surface area contributed by atoms with Gasteiger partial charge in [-0.3, -0.25) is 9.59 Å². The fourth-order valence-electron chi connectivity index (χ4n) is 2.49. The van der Waals surface area contributed by atoms with Gasteiger partial charge in [0.2, 0.25) is 18.2 Å². The van der Waals surface area contributed by atoms with Gasteiger partial charge in [-0.2, -0.15) is 0 Å². The van der Waals surface area contributed by atoms with E-state index in [-0.39, 0.29) is 16.4 Å². The molecule has 0 saturated carbocycles. The minimum absolute atomic E-state index is 0.257. The van der Waals surface area contributed by atoms with Crippen molar-refractivity contribution >= 4 is 23.5 Å². The molecule has 3 nitrogen and oxygen atoms in total. The molecule has 4 heteroatoms. The fourth-order valence-corrected chi connectivity index (χ4v) is 4.76. The lowest BCUT2D eigenvalue weighted by molar-refractivity contribution is 0.104. The highest BCUT2D eigenvalue weighted by molar-refractivity contribution is 8.01. The van der Waals surface area contributed by atoms with Gasteiger partial charge in [0, 0.05) is 16.4 Å². The van der Waals surface area contributed by atoms with Crippen LogP contribution in [0.15, 0.2) is 91.0 Å². The lowest BCUT2D eigenvalue weighted by atomic mass is 10.2. The van der Waals surface area contributed by atoms with Crippen LogP contribution in [0.4, 0.5) is 0 Å². The van der Waals surface area contributed by atoms with E-state index >= 15 is 0 Å². The normalized spacial score (nSPS) is 9.86. The van der Waals surface area contributed by atoms with Gasteiger partial charge in [-0.05, 0) is 0 Å². The van der Waals surface area contributed by atoms with Crippen molar-refractivity contribution in [3.8, 4) is 0 Å². The van der Waals surface area contributed by atoms with Crippen LogP contribution in [-0.2, 0) is 4.57 Å². The Bertz CT molecular complexity index is 849. The van der Waals surface area contributed by atoms with Crippen LogP contribution in [0.5, 0.6) is 0 Å². The maximum Gasteiger partial charge on any atom is 0.248 e. The highest BCUT2D eigenvalue weighted by Crippen LogP contribution is 2.50. The van der Waals surface area contributed by atoms with Crippen LogP contribution in [0.2, 0.25) is 0 Å². The van der Waals surface area contributed by atoms with E-state index in [4.69, 9.17) is 0 Å². The Hall–Kier alpha value is -2.77. The van der Waals surface area contributed by atoms with Gasteiger partial charge in [0.1, 0.15) is 0 Å². The summed E-state index contributed by atoms with van der Waals surface area (Å²) in [6.07, 6.45) is 0. The summed E-state index contributed by atoms with van der Waals surface area (Å²) in [5.74, 6) is 0. The molecule has 0 bridgehead atoms.